The largest absolute Gasteiger partial charge is 0.393 e. The third kappa shape index (κ3) is 1.70. The van der Waals surface area contributed by atoms with Gasteiger partial charge in [0, 0.05) is 36.7 Å². The van der Waals surface area contributed by atoms with Crippen LogP contribution in [-0.4, -0.2) is 26.6 Å². The number of pyridine rings is 1. The molecule has 1 fully saturated rings. The van der Waals surface area contributed by atoms with Crippen LogP contribution in [0.2, 0.25) is 0 Å². The van der Waals surface area contributed by atoms with Gasteiger partial charge in [-0.15, -0.1) is 0 Å². The molecule has 0 saturated heterocycles. The molecule has 2 aromatic heterocycles. The van der Waals surface area contributed by atoms with E-state index in [0.717, 1.165) is 25.0 Å². The van der Waals surface area contributed by atoms with Crippen LogP contribution < -0.4 is 5.32 Å². The number of aliphatic hydroxyl groups is 1. The van der Waals surface area contributed by atoms with Crippen LogP contribution in [0, 0.1) is 0 Å². The van der Waals surface area contributed by atoms with Gasteiger partial charge in [0.25, 0.3) is 0 Å². The normalized spacial score (nSPS) is 24.6. The Balaban J connectivity index is 1.71. The maximum atomic E-state index is 9.20. The highest BCUT2D eigenvalue weighted by Gasteiger charge is 2.26. The second-order valence-electron chi connectivity index (χ2n) is 4.39. The van der Waals surface area contributed by atoms with Crippen molar-refractivity contribution in [2.24, 2.45) is 0 Å². The van der Waals surface area contributed by atoms with Crippen molar-refractivity contribution in [3.05, 3.63) is 36.3 Å². The summed E-state index contributed by atoms with van der Waals surface area (Å²) in [4.78, 5) is 4.33. The Morgan fingerprint density at radius 2 is 2.31 bits per heavy atom. The van der Waals surface area contributed by atoms with Gasteiger partial charge < -0.3 is 14.8 Å². The molecule has 1 aliphatic rings. The highest BCUT2D eigenvalue weighted by Crippen LogP contribution is 2.20. The number of fused-ring (bicyclic) bond motifs is 1. The van der Waals surface area contributed by atoms with Gasteiger partial charge in [0.05, 0.1) is 6.10 Å². The molecule has 0 atom stereocenters. The van der Waals surface area contributed by atoms with E-state index in [9.17, 15) is 5.11 Å². The molecule has 84 valence electrons. The van der Waals surface area contributed by atoms with Gasteiger partial charge >= 0.3 is 0 Å². The third-order valence-electron chi connectivity index (χ3n) is 3.19. The second kappa shape index (κ2) is 3.88. The van der Waals surface area contributed by atoms with Crippen molar-refractivity contribution in [3.63, 3.8) is 0 Å². The van der Waals surface area contributed by atoms with Crippen LogP contribution in [0.4, 0.5) is 0 Å². The summed E-state index contributed by atoms with van der Waals surface area (Å²) >= 11 is 0. The molecule has 0 amide bonds. The number of aromatic nitrogens is 2. The van der Waals surface area contributed by atoms with E-state index in [4.69, 9.17) is 0 Å². The minimum absolute atomic E-state index is 0.0975. The van der Waals surface area contributed by atoms with Crippen LogP contribution in [0.5, 0.6) is 0 Å². The molecule has 0 bridgehead atoms. The summed E-state index contributed by atoms with van der Waals surface area (Å²) in [7, 11) is 0. The number of hydrogen-bond acceptors (Lipinski definition) is 3. The lowest BCUT2D eigenvalue weighted by atomic mass is 9.89. The van der Waals surface area contributed by atoms with Crippen molar-refractivity contribution in [1.29, 1.82) is 0 Å². The Kier molecular flexibility index (Phi) is 2.38. The van der Waals surface area contributed by atoms with Gasteiger partial charge in [0.1, 0.15) is 5.65 Å². The quantitative estimate of drug-likeness (QED) is 0.804. The zero-order valence-electron chi connectivity index (χ0n) is 9.00. The van der Waals surface area contributed by atoms with E-state index in [0.29, 0.717) is 6.04 Å². The number of imidazole rings is 1. The van der Waals surface area contributed by atoms with Crippen molar-refractivity contribution in [3.8, 4) is 0 Å². The minimum Gasteiger partial charge on any atom is -0.393 e. The van der Waals surface area contributed by atoms with E-state index in [1.807, 2.05) is 29.1 Å². The molecule has 0 aliphatic heterocycles. The molecule has 0 radical (unpaired) electrons. The first-order chi connectivity index (χ1) is 7.83. The van der Waals surface area contributed by atoms with Gasteiger partial charge in [-0.05, 0) is 18.9 Å². The second-order valence-corrected chi connectivity index (χ2v) is 4.39. The van der Waals surface area contributed by atoms with Crippen molar-refractivity contribution in [2.45, 2.75) is 31.5 Å². The number of nitrogens with one attached hydrogen (secondary N) is 1. The topological polar surface area (TPSA) is 49.6 Å². The van der Waals surface area contributed by atoms with E-state index in [1.54, 1.807) is 0 Å². The third-order valence-corrected chi connectivity index (χ3v) is 3.19. The Morgan fingerprint density at radius 3 is 3.12 bits per heavy atom. The van der Waals surface area contributed by atoms with Crippen LogP contribution in [-0.2, 0) is 6.54 Å². The molecule has 2 aromatic rings. The highest BCUT2D eigenvalue weighted by atomic mass is 16.3. The number of rotatable bonds is 3. The molecule has 2 N–H and O–H groups in total. The zero-order chi connectivity index (χ0) is 11.0. The van der Waals surface area contributed by atoms with Gasteiger partial charge in [0.15, 0.2) is 0 Å². The number of aliphatic hydroxyl groups excluding tert-OH is 1. The fourth-order valence-electron chi connectivity index (χ4n) is 2.16. The Labute approximate surface area is 93.9 Å². The molecule has 4 heteroatoms. The van der Waals surface area contributed by atoms with E-state index in [-0.39, 0.29) is 6.10 Å². The van der Waals surface area contributed by atoms with Gasteiger partial charge in [-0.1, -0.05) is 6.07 Å². The summed E-state index contributed by atoms with van der Waals surface area (Å²) in [5.41, 5.74) is 2.21. The molecule has 0 unspecified atom stereocenters. The molecule has 16 heavy (non-hydrogen) atoms. The lowest BCUT2D eigenvalue weighted by Crippen LogP contribution is -2.43. The lowest BCUT2D eigenvalue weighted by Gasteiger charge is -2.32. The standard InChI is InChI=1S/C12H15N3O/c16-11-6-10(7-11)14-8-9-2-1-4-15-5-3-13-12(9)15/h1-5,10-11,14,16H,6-8H2. The van der Waals surface area contributed by atoms with Gasteiger partial charge in [0.2, 0.25) is 0 Å². The Morgan fingerprint density at radius 1 is 1.44 bits per heavy atom. The summed E-state index contributed by atoms with van der Waals surface area (Å²) in [5, 5.41) is 12.6. The predicted molar refractivity (Wildman–Crippen MR) is 61.1 cm³/mol. The summed E-state index contributed by atoms with van der Waals surface area (Å²) < 4.78 is 2.02. The molecular weight excluding hydrogens is 202 g/mol. The summed E-state index contributed by atoms with van der Waals surface area (Å²) in [6.45, 7) is 0.818. The smallest absolute Gasteiger partial charge is 0.141 e. The fraction of sp³-hybridized carbons (Fsp3) is 0.417. The molecule has 1 saturated carbocycles. The molecule has 0 aromatic carbocycles. The average Bonchev–Trinajstić information content (AvgIpc) is 2.71. The lowest BCUT2D eigenvalue weighted by molar-refractivity contribution is 0.0619. The van der Waals surface area contributed by atoms with Crippen LogP contribution in [0.25, 0.3) is 5.65 Å². The maximum absolute atomic E-state index is 9.20. The monoisotopic (exact) mass is 217 g/mol. The van der Waals surface area contributed by atoms with Crippen molar-refractivity contribution < 1.29 is 5.11 Å². The van der Waals surface area contributed by atoms with Gasteiger partial charge in [-0.25, -0.2) is 4.98 Å². The minimum atomic E-state index is -0.0975. The van der Waals surface area contributed by atoms with E-state index in [1.165, 1.54) is 5.56 Å². The van der Waals surface area contributed by atoms with E-state index >= 15 is 0 Å². The highest BCUT2D eigenvalue weighted by molar-refractivity contribution is 5.47. The number of nitrogens with zero attached hydrogens (tertiary/aromatic N) is 2. The Hall–Kier alpha value is -1.39. The first kappa shape index (κ1) is 9.81. The van der Waals surface area contributed by atoms with Crippen LogP contribution in [0.15, 0.2) is 30.7 Å². The molecular formula is C12H15N3O. The molecule has 3 rings (SSSR count). The zero-order valence-corrected chi connectivity index (χ0v) is 9.00. The van der Waals surface area contributed by atoms with Crippen LogP contribution in [0.3, 0.4) is 0 Å². The van der Waals surface area contributed by atoms with Crippen molar-refractivity contribution in [1.82, 2.24) is 14.7 Å². The number of hydrogen-bond donors (Lipinski definition) is 2. The SMILES string of the molecule is OC1CC(NCc2cccn3ccnc23)C1. The van der Waals surface area contributed by atoms with Gasteiger partial charge in [-0.2, -0.15) is 0 Å². The summed E-state index contributed by atoms with van der Waals surface area (Å²) in [6.07, 6.45) is 7.41. The molecule has 1 aliphatic carbocycles. The Bertz CT molecular complexity index is 488. The van der Waals surface area contributed by atoms with Crippen molar-refractivity contribution >= 4 is 5.65 Å². The first-order valence-electron chi connectivity index (χ1n) is 5.65. The fourth-order valence-corrected chi connectivity index (χ4v) is 2.16. The average molecular weight is 217 g/mol. The van der Waals surface area contributed by atoms with E-state index < -0.39 is 0 Å². The van der Waals surface area contributed by atoms with Crippen LogP contribution in [0.1, 0.15) is 18.4 Å². The first-order valence-corrected chi connectivity index (χ1v) is 5.65. The van der Waals surface area contributed by atoms with Crippen LogP contribution >= 0.6 is 0 Å². The van der Waals surface area contributed by atoms with E-state index in [2.05, 4.69) is 16.4 Å². The summed E-state index contributed by atoms with van der Waals surface area (Å²) in [6, 6.07) is 4.58. The molecule has 0 spiro atoms. The van der Waals surface area contributed by atoms with Gasteiger partial charge in [-0.3, -0.25) is 0 Å². The van der Waals surface area contributed by atoms with Crippen molar-refractivity contribution in [2.75, 3.05) is 0 Å². The maximum Gasteiger partial charge on any atom is 0.141 e. The molecule has 4 nitrogen and oxygen atoms in total. The predicted octanol–water partition coefficient (Wildman–Crippen LogP) is 0.947. The molecule has 2 heterocycles. The summed E-state index contributed by atoms with van der Waals surface area (Å²) in [5.74, 6) is 0.